The Kier molecular flexibility index (Phi) is 5.98. The SMILES string of the molecule is Cl.Fc1cc(F)c(F)c(C2Cc3c(CCN4CCCC4)[nH]c(=S)n3C2)c1F. The normalized spacial score (nSPS) is 19.3. The van der Waals surface area contributed by atoms with E-state index in [2.05, 4.69) is 9.88 Å². The Morgan fingerprint density at radius 1 is 1.07 bits per heavy atom. The first-order valence-electron chi connectivity index (χ1n) is 8.81. The van der Waals surface area contributed by atoms with E-state index in [1.54, 1.807) is 4.57 Å². The summed E-state index contributed by atoms with van der Waals surface area (Å²) in [4.78, 5) is 5.55. The third-order valence-electron chi connectivity index (χ3n) is 5.45. The molecule has 1 N–H and O–H groups in total. The standard InChI is InChI=1S/C18H19F4N3S.ClH/c19-11-8-12(20)17(22)15(16(11)21)10-7-14-13(23-18(26)25(14)9-10)3-6-24-4-1-2-5-24;/h8,10H,1-7,9H2,(H,23,26);1H. The predicted octanol–water partition coefficient (Wildman–Crippen LogP) is 4.50. The van der Waals surface area contributed by atoms with Crippen LogP contribution in [0.25, 0.3) is 0 Å². The number of likely N-dealkylation sites (tertiary alicyclic amines) is 1. The number of nitrogens with one attached hydrogen (secondary N) is 1. The lowest BCUT2D eigenvalue weighted by molar-refractivity contribution is 0.342. The maximum absolute atomic E-state index is 14.1. The molecule has 4 rings (SSSR count). The summed E-state index contributed by atoms with van der Waals surface area (Å²) >= 11 is 5.33. The minimum atomic E-state index is -1.37. The second kappa shape index (κ2) is 7.93. The molecule has 2 aliphatic heterocycles. The average Bonchev–Trinajstić information content (AvgIpc) is 3.31. The van der Waals surface area contributed by atoms with Crippen molar-refractivity contribution >= 4 is 24.6 Å². The van der Waals surface area contributed by atoms with Crippen molar-refractivity contribution in [3.05, 3.63) is 51.1 Å². The van der Waals surface area contributed by atoms with Gasteiger partial charge in [-0.3, -0.25) is 0 Å². The monoisotopic (exact) mass is 421 g/mol. The van der Waals surface area contributed by atoms with Crippen molar-refractivity contribution in [3.63, 3.8) is 0 Å². The summed E-state index contributed by atoms with van der Waals surface area (Å²) in [5, 5.41) is 0. The lowest BCUT2D eigenvalue weighted by Crippen LogP contribution is -2.22. The Bertz CT molecular complexity index is 879. The number of benzene rings is 1. The highest BCUT2D eigenvalue weighted by molar-refractivity contribution is 7.71. The highest BCUT2D eigenvalue weighted by Crippen LogP contribution is 2.36. The van der Waals surface area contributed by atoms with Crippen LogP contribution in [0.4, 0.5) is 17.6 Å². The number of hydrogen-bond acceptors (Lipinski definition) is 2. The molecule has 0 amide bonds. The summed E-state index contributed by atoms with van der Waals surface area (Å²) in [5.41, 5.74) is 1.30. The number of aromatic amines is 1. The maximum atomic E-state index is 14.1. The Morgan fingerprint density at radius 3 is 2.33 bits per heavy atom. The summed E-state index contributed by atoms with van der Waals surface area (Å²) < 4.78 is 57.7. The lowest BCUT2D eigenvalue weighted by Gasteiger charge is -2.15. The second-order valence-electron chi connectivity index (χ2n) is 7.05. The molecule has 1 saturated heterocycles. The third kappa shape index (κ3) is 3.67. The van der Waals surface area contributed by atoms with E-state index < -0.39 is 34.8 Å². The zero-order valence-electron chi connectivity index (χ0n) is 14.5. The highest BCUT2D eigenvalue weighted by atomic mass is 35.5. The molecule has 1 fully saturated rings. The molecule has 27 heavy (non-hydrogen) atoms. The van der Waals surface area contributed by atoms with E-state index in [4.69, 9.17) is 12.2 Å². The zero-order chi connectivity index (χ0) is 18.4. The highest BCUT2D eigenvalue weighted by Gasteiger charge is 2.33. The van der Waals surface area contributed by atoms with Gasteiger partial charge in [-0.15, -0.1) is 12.4 Å². The fourth-order valence-electron chi connectivity index (χ4n) is 4.13. The average molecular weight is 422 g/mol. The number of hydrogen-bond donors (Lipinski definition) is 1. The van der Waals surface area contributed by atoms with Crippen LogP contribution < -0.4 is 0 Å². The quantitative estimate of drug-likeness (QED) is 0.446. The van der Waals surface area contributed by atoms with Crippen molar-refractivity contribution in [1.82, 2.24) is 14.5 Å². The van der Waals surface area contributed by atoms with Gasteiger partial charge in [0.25, 0.3) is 0 Å². The molecule has 0 spiro atoms. The zero-order valence-corrected chi connectivity index (χ0v) is 16.2. The molecular weight excluding hydrogens is 402 g/mol. The van der Waals surface area contributed by atoms with Crippen LogP contribution in [0.3, 0.4) is 0 Å². The van der Waals surface area contributed by atoms with Gasteiger partial charge in [-0.1, -0.05) is 0 Å². The minimum absolute atomic E-state index is 0. The molecule has 148 valence electrons. The minimum Gasteiger partial charge on any atom is -0.334 e. The van der Waals surface area contributed by atoms with Gasteiger partial charge in [0.1, 0.15) is 0 Å². The predicted molar refractivity (Wildman–Crippen MR) is 99.0 cm³/mol. The van der Waals surface area contributed by atoms with Gasteiger partial charge in [0.15, 0.2) is 28.0 Å². The molecule has 3 nitrogen and oxygen atoms in total. The number of aromatic nitrogens is 2. The van der Waals surface area contributed by atoms with Gasteiger partial charge in [-0.2, -0.15) is 0 Å². The molecule has 3 heterocycles. The fourth-order valence-corrected chi connectivity index (χ4v) is 4.43. The van der Waals surface area contributed by atoms with Gasteiger partial charge in [0, 0.05) is 48.4 Å². The van der Waals surface area contributed by atoms with E-state index >= 15 is 0 Å². The maximum Gasteiger partial charge on any atom is 0.177 e. The number of H-pyrrole nitrogens is 1. The van der Waals surface area contributed by atoms with Gasteiger partial charge in [0.2, 0.25) is 0 Å². The number of halogens is 5. The number of nitrogens with zero attached hydrogens (tertiary/aromatic N) is 2. The molecule has 1 atom stereocenters. The van der Waals surface area contributed by atoms with Crippen LogP contribution in [-0.4, -0.2) is 34.1 Å². The van der Waals surface area contributed by atoms with Crippen molar-refractivity contribution in [2.24, 2.45) is 0 Å². The summed E-state index contributed by atoms with van der Waals surface area (Å²) in [5.74, 6) is -6.02. The second-order valence-corrected chi connectivity index (χ2v) is 7.43. The molecule has 1 aromatic carbocycles. The number of rotatable bonds is 4. The largest absolute Gasteiger partial charge is 0.334 e. The van der Waals surface area contributed by atoms with Gasteiger partial charge in [-0.25, -0.2) is 17.6 Å². The van der Waals surface area contributed by atoms with Gasteiger partial charge in [0.05, 0.1) is 0 Å². The summed E-state index contributed by atoms with van der Waals surface area (Å²) in [6.07, 6.45) is 3.48. The first-order valence-corrected chi connectivity index (χ1v) is 9.22. The Balaban J connectivity index is 0.00000210. The van der Waals surface area contributed by atoms with E-state index in [1.807, 2.05) is 0 Å². The van der Waals surface area contributed by atoms with Crippen molar-refractivity contribution in [1.29, 1.82) is 0 Å². The summed E-state index contributed by atoms with van der Waals surface area (Å²) in [6, 6.07) is 0.247. The van der Waals surface area contributed by atoms with Crippen molar-refractivity contribution in [2.45, 2.75) is 38.1 Å². The van der Waals surface area contributed by atoms with Crippen LogP contribution >= 0.6 is 24.6 Å². The van der Waals surface area contributed by atoms with E-state index in [1.165, 1.54) is 12.8 Å². The van der Waals surface area contributed by atoms with E-state index in [9.17, 15) is 17.6 Å². The molecule has 0 radical (unpaired) electrons. The first-order chi connectivity index (χ1) is 12.5. The molecule has 0 saturated carbocycles. The van der Waals surface area contributed by atoms with E-state index in [0.29, 0.717) is 11.2 Å². The summed E-state index contributed by atoms with van der Waals surface area (Å²) in [7, 11) is 0. The van der Waals surface area contributed by atoms with Crippen LogP contribution in [0.15, 0.2) is 6.07 Å². The van der Waals surface area contributed by atoms with Crippen LogP contribution in [0.2, 0.25) is 0 Å². The molecule has 1 aromatic heterocycles. The van der Waals surface area contributed by atoms with Crippen LogP contribution in [0.5, 0.6) is 0 Å². The molecular formula is C18H20ClF4N3S. The van der Waals surface area contributed by atoms with Crippen molar-refractivity contribution < 1.29 is 17.6 Å². The molecule has 2 aliphatic rings. The molecule has 9 heteroatoms. The van der Waals surface area contributed by atoms with E-state index in [0.717, 1.165) is 37.4 Å². The van der Waals surface area contributed by atoms with Gasteiger partial charge >= 0.3 is 0 Å². The fraction of sp³-hybridized carbons (Fsp3) is 0.500. The number of imidazole rings is 1. The molecule has 0 bridgehead atoms. The van der Waals surface area contributed by atoms with Crippen LogP contribution in [0.1, 0.15) is 35.7 Å². The van der Waals surface area contributed by atoms with Crippen molar-refractivity contribution in [3.8, 4) is 0 Å². The van der Waals surface area contributed by atoms with Crippen molar-refractivity contribution in [2.75, 3.05) is 19.6 Å². The van der Waals surface area contributed by atoms with Crippen LogP contribution in [-0.2, 0) is 19.4 Å². The third-order valence-corrected chi connectivity index (χ3v) is 5.77. The lowest BCUT2D eigenvalue weighted by atomic mass is 9.94. The van der Waals surface area contributed by atoms with E-state index in [-0.39, 0.29) is 25.0 Å². The molecule has 2 aromatic rings. The first kappa shape index (κ1) is 20.4. The van der Waals surface area contributed by atoms with Gasteiger partial charge < -0.3 is 14.5 Å². The summed E-state index contributed by atoms with van der Waals surface area (Å²) in [6.45, 7) is 3.27. The Labute approximate surface area is 165 Å². The molecule has 1 unspecified atom stereocenters. The van der Waals surface area contributed by atoms with Crippen LogP contribution in [0, 0.1) is 28.0 Å². The Hall–Kier alpha value is -1.38. The number of fused-ring (bicyclic) bond motifs is 1. The smallest absolute Gasteiger partial charge is 0.177 e. The Morgan fingerprint density at radius 2 is 1.70 bits per heavy atom. The van der Waals surface area contributed by atoms with Gasteiger partial charge in [-0.05, 0) is 44.6 Å². The topological polar surface area (TPSA) is 24.0 Å². The molecule has 0 aliphatic carbocycles.